The predicted octanol–water partition coefficient (Wildman–Crippen LogP) is 1.50. The largest absolute Gasteiger partial charge is 0.493 e. The van der Waals surface area contributed by atoms with Crippen LogP contribution in [0.3, 0.4) is 0 Å². The Labute approximate surface area is 143 Å². The summed E-state index contributed by atoms with van der Waals surface area (Å²) in [4.78, 5) is 27.6. The number of para-hydroxylation sites is 1. The monoisotopic (exact) mass is 333 g/mol. The van der Waals surface area contributed by atoms with Gasteiger partial charge < -0.3 is 20.3 Å². The molecule has 1 saturated heterocycles. The standard InChI is InChI=1S/C18H27N3O3/c1-20-10-12-21(13-11-20)17(22)9-3-2-6-14-24-16-8-5-4-7-15(16)18(19)23/h4-5,7-8H,2-3,6,9-14H2,1H3,(H2,19,23). The lowest BCUT2D eigenvalue weighted by Gasteiger charge is -2.32. The molecule has 0 saturated carbocycles. The van der Waals surface area contributed by atoms with Crippen molar-refractivity contribution in [1.82, 2.24) is 9.80 Å². The van der Waals surface area contributed by atoms with Crippen LogP contribution in [0.5, 0.6) is 5.75 Å². The van der Waals surface area contributed by atoms with E-state index in [4.69, 9.17) is 10.5 Å². The van der Waals surface area contributed by atoms with Gasteiger partial charge in [-0.1, -0.05) is 12.1 Å². The van der Waals surface area contributed by atoms with Crippen molar-refractivity contribution in [2.45, 2.75) is 25.7 Å². The van der Waals surface area contributed by atoms with Gasteiger partial charge in [-0.15, -0.1) is 0 Å². The van der Waals surface area contributed by atoms with Gasteiger partial charge >= 0.3 is 0 Å². The first kappa shape index (κ1) is 18.3. The predicted molar refractivity (Wildman–Crippen MR) is 93.0 cm³/mol. The van der Waals surface area contributed by atoms with Crippen molar-refractivity contribution in [3.63, 3.8) is 0 Å². The molecule has 1 aliphatic rings. The molecule has 2 amide bonds. The van der Waals surface area contributed by atoms with E-state index >= 15 is 0 Å². The van der Waals surface area contributed by atoms with Gasteiger partial charge in [0.05, 0.1) is 12.2 Å². The Kier molecular flexibility index (Phi) is 7.06. The number of rotatable bonds is 8. The first-order valence-corrected chi connectivity index (χ1v) is 8.56. The number of hydrogen-bond acceptors (Lipinski definition) is 4. The van der Waals surface area contributed by atoms with Gasteiger partial charge in [0.1, 0.15) is 5.75 Å². The number of likely N-dealkylation sites (N-methyl/N-ethyl adjacent to an activating group) is 1. The van der Waals surface area contributed by atoms with Gasteiger partial charge in [0, 0.05) is 32.6 Å². The highest BCUT2D eigenvalue weighted by Gasteiger charge is 2.18. The molecule has 1 heterocycles. The minimum atomic E-state index is -0.483. The fraction of sp³-hybridized carbons (Fsp3) is 0.556. The molecule has 0 bridgehead atoms. The summed E-state index contributed by atoms with van der Waals surface area (Å²) in [5.74, 6) is 0.296. The van der Waals surface area contributed by atoms with E-state index < -0.39 is 5.91 Å². The van der Waals surface area contributed by atoms with E-state index in [0.717, 1.165) is 45.4 Å². The van der Waals surface area contributed by atoms with Gasteiger partial charge in [-0.2, -0.15) is 0 Å². The minimum absolute atomic E-state index is 0.253. The van der Waals surface area contributed by atoms with Crippen LogP contribution >= 0.6 is 0 Å². The second kappa shape index (κ2) is 9.27. The van der Waals surface area contributed by atoms with Crippen LogP contribution in [-0.4, -0.2) is 61.4 Å². The topological polar surface area (TPSA) is 75.9 Å². The summed E-state index contributed by atoms with van der Waals surface area (Å²) in [5, 5.41) is 0. The van der Waals surface area contributed by atoms with Crippen LogP contribution in [0.15, 0.2) is 24.3 Å². The van der Waals surface area contributed by atoms with Gasteiger partial charge in [-0.25, -0.2) is 0 Å². The maximum absolute atomic E-state index is 12.1. The molecule has 1 aromatic rings. The van der Waals surface area contributed by atoms with Gasteiger partial charge in [0.2, 0.25) is 5.91 Å². The van der Waals surface area contributed by atoms with Crippen LogP contribution in [0.1, 0.15) is 36.0 Å². The Bertz CT molecular complexity index is 554. The zero-order valence-corrected chi connectivity index (χ0v) is 14.4. The summed E-state index contributed by atoms with van der Waals surface area (Å²) >= 11 is 0. The maximum Gasteiger partial charge on any atom is 0.252 e. The molecule has 24 heavy (non-hydrogen) atoms. The number of carbonyl (C=O) groups is 2. The summed E-state index contributed by atoms with van der Waals surface area (Å²) in [5.41, 5.74) is 5.72. The van der Waals surface area contributed by atoms with Crippen LogP contribution in [0.2, 0.25) is 0 Å². The lowest BCUT2D eigenvalue weighted by molar-refractivity contribution is -0.132. The fourth-order valence-electron chi connectivity index (χ4n) is 2.75. The molecular formula is C18H27N3O3. The summed E-state index contributed by atoms with van der Waals surface area (Å²) in [7, 11) is 2.08. The average molecular weight is 333 g/mol. The number of carbonyl (C=O) groups excluding carboxylic acids is 2. The summed E-state index contributed by atoms with van der Waals surface area (Å²) in [6, 6.07) is 6.98. The van der Waals surface area contributed by atoms with Crippen molar-refractivity contribution in [2.24, 2.45) is 5.73 Å². The van der Waals surface area contributed by atoms with Crippen molar-refractivity contribution in [1.29, 1.82) is 0 Å². The second-order valence-electron chi connectivity index (χ2n) is 6.20. The van der Waals surface area contributed by atoms with Gasteiger partial charge in [-0.05, 0) is 38.4 Å². The van der Waals surface area contributed by atoms with Gasteiger partial charge in [0.15, 0.2) is 0 Å². The number of unbranched alkanes of at least 4 members (excludes halogenated alkanes) is 2. The number of hydrogen-bond donors (Lipinski definition) is 1. The highest BCUT2D eigenvalue weighted by Crippen LogP contribution is 2.17. The van der Waals surface area contributed by atoms with Gasteiger partial charge in [-0.3, -0.25) is 9.59 Å². The third-order valence-electron chi connectivity index (χ3n) is 4.30. The van der Waals surface area contributed by atoms with Gasteiger partial charge in [0.25, 0.3) is 5.91 Å². The number of nitrogens with zero attached hydrogens (tertiary/aromatic N) is 2. The Morgan fingerprint density at radius 1 is 1.08 bits per heavy atom. The SMILES string of the molecule is CN1CCN(C(=O)CCCCCOc2ccccc2C(N)=O)CC1. The van der Waals surface area contributed by atoms with Crippen LogP contribution in [0.25, 0.3) is 0 Å². The van der Waals surface area contributed by atoms with E-state index in [0.29, 0.717) is 24.3 Å². The van der Waals surface area contributed by atoms with Crippen LogP contribution in [-0.2, 0) is 4.79 Å². The molecule has 0 aliphatic carbocycles. The molecular weight excluding hydrogens is 306 g/mol. The molecule has 0 spiro atoms. The molecule has 1 aliphatic heterocycles. The number of ether oxygens (including phenoxy) is 1. The third kappa shape index (κ3) is 5.53. The summed E-state index contributed by atoms with van der Waals surface area (Å²) in [6.07, 6.45) is 3.24. The molecule has 2 N–H and O–H groups in total. The number of nitrogens with two attached hydrogens (primary N) is 1. The number of piperazine rings is 1. The number of primary amides is 1. The molecule has 0 radical (unpaired) electrons. The van der Waals surface area contributed by atoms with Crippen molar-refractivity contribution in [3.05, 3.63) is 29.8 Å². The van der Waals surface area contributed by atoms with E-state index in [1.807, 2.05) is 11.0 Å². The molecule has 0 aromatic heterocycles. The van der Waals surface area contributed by atoms with E-state index in [1.165, 1.54) is 0 Å². The minimum Gasteiger partial charge on any atom is -0.493 e. The van der Waals surface area contributed by atoms with Crippen molar-refractivity contribution in [3.8, 4) is 5.75 Å². The average Bonchev–Trinajstić information content (AvgIpc) is 2.58. The third-order valence-corrected chi connectivity index (χ3v) is 4.30. The molecule has 132 valence electrons. The first-order chi connectivity index (χ1) is 11.6. The van der Waals surface area contributed by atoms with Crippen LogP contribution in [0.4, 0.5) is 0 Å². The lowest BCUT2D eigenvalue weighted by Crippen LogP contribution is -2.47. The lowest BCUT2D eigenvalue weighted by atomic mass is 10.1. The molecule has 0 atom stereocenters. The van der Waals surface area contributed by atoms with Crippen LogP contribution < -0.4 is 10.5 Å². The second-order valence-corrected chi connectivity index (χ2v) is 6.20. The normalized spacial score (nSPS) is 15.3. The fourth-order valence-corrected chi connectivity index (χ4v) is 2.75. The molecule has 0 unspecified atom stereocenters. The van der Waals surface area contributed by atoms with E-state index in [1.54, 1.807) is 18.2 Å². The Balaban J connectivity index is 1.60. The van der Waals surface area contributed by atoms with Crippen molar-refractivity contribution in [2.75, 3.05) is 39.8 Å². The molecule has 1 fully saturated rings. The zero-order valence-electron chi connectivity index (χ0n) is 14.4. The smallest absolute Gasteiger partial charge is 0.252 e. The Morgan fingerprint density at radius 3 is 2.50 bits per heavy atom. The molecule has 2 rings (SSSR count). The summed E-state index contributed by atoms with van der Waals surface area (Å²) in [6.45, 7) is 4.11. The Hall–Kier alpha value is -2.08. The Morgan fingerprint density at radius 2 is 1.79 bits per heavy atom. The van der Waals surface area contributed by atoms with Crippen molar-refractivity contribution < 1.29 is 14.3 Å². The maximum atomic E-state index is 12.1. The van der Waals surface area contributed by atoms with Crippen molar-refractivity contribution >= 4 is 11.8 Å². The van der Waals surface area contributed by atoms with Crippen LogP contribution in [0, 0.1) is 0 Å². The number of amides is 2. The highest BCUT2D eigenvalue weighted by molar-refractivity contribution is 5.95. The molecule has 6 heteroatoms. The molecule has 6 nitrogen and oxygen atoms in total. The van der Waals surface area contributed by atoms with E-state index in [9.17, 15) is 9.59 Å². The summed E-state index contributed by atoms with van der Waals surface area (Å²) < 4.78 is 5.63. The quantitative estimate of drug-likeness (QED) is 0.732. The molecule has 1 aromatic carbocycles. The highest BCUT2D eigenvalue weighted by atomic mass is 16.5. The first-order valence-electron chi connectivity index (χ1n) is 8.56. The van der Waals surface area contributed by atoms with E-state index in [-0.39, 0.29) is 5.91 Å². The zero-order chi connectivity index (χ0) is 17.4. The van der Waals surface area contributed by atoms with E-state index in [2.05, 4.69) is 11.9 Å². The number of benzene rings is 1.